The summed E-state index contributed by atoms with van der Waals surface area (Å²) in [5.41, 5.74) is 2.01. The number of aromatic nitrogens is 3. The van der Waals surface area contributed by atoms with Gasteiger partial charge in [-0.05, 0) is 37.5 Å². The summed E-state index contributed by atoms with van der Waals surface area (Å²) in [7, 11) is 0. The van der Waals surface area contributed by atoms with Gasteiger partial charge < -0.3 is 9.88 Å². The van der Waals surface area contributed by atoms with Crippen LogP contribution in [0, 0.1) is 0 Å². The van der Waals surface area contributed by atoms with E-state index in [2.05, 4.69) is 26.7 Å². The van der Waals surface area contributed by atoms with E-state index in [9.17, 15) is 9.59 Å². The maximum Gasteiger partial charge on any atom is 0.242 e. The predicted octanol–water partition coefficient (Wildman–Crippen LogP) is 5.02. The van der Waals surface area contributed by atoms with Crippen molar-refractivity contribution in [3.8, 4) is 0 Å². The van der Waals surface area contributed by atoms with Gasteiger partial charge in [0, 0.05) is 23.7 Å². The highest BCUT2D eigenvalue weighted by atomic mass is 32.2. The second-order valence-corrected chi connectivity index (χ2v) is 8.62. The number of hydrogen-bond donors (Lipinski definition) is 1. The molecule has 7 heteroatoms. The van der Waals surface area contributed by atoms with Crippen molar-refractivity contribution in [1.29, 1.82) is 0 Å². The number of rotatable bonds is 9. The van der Waals surface area contributed by atoms with Crippen LogP contribution in [0.25, 0.3) is 0 Å². The predicted molar refractivity (Wildman–Crippen MR) is 122 cm³/mol. The van der Waals surface area contributed by atoms with Crippen LogP contribution in [-0.2, 0) is 11.3 Å². The van der Waals surface area contributed by atoms with Gasteiger partial charge in [-0.3, -0.25) is 9.59 Å². The molecule has 3 aromatic rings. The number of Topliss-reactive ketones (excluding diaryl/α,β-unsaturated/α-hetero) is 1. The van der Waals surface area contributed by atoms with Gasteiger partial charge in [-0.1, -0.05) is 60.3 Å². The lowest BCUT2D eigenvalue weighted by Crippen LogP contribution is -2.20. The second kappa shape index (κ2) is 9.31. The van der Waals surface area contributed by atoms with Gasteiger partial charge in [0.2, 0.25) is 5.91 Å². The maximum atomic E-state index is 13.3. The largest absolute Gasteiger partial charge is 0.325 e. The molecule has 1 fully saturated rings. The second-order valence-electron chi connectivity index (χ2n) is 7.55. The monoisotopic (exact) mass is 432 g/mol. The van der Waals surface area contributed by atoms with Crippen LogP contribution in [0.4, 0.5) is 5.69 Å². The molecule has 0 aliphatic heterocycles. The molecule has 1 N–H and O–H groups in total. The Labute approximate surface area is 185 Å². The maximum absolute atomic E-state index is 13.3. The van der Waals surface area contributed by atoms with Crippen molar-refractivity contribution >= 4 is 29.1 Å². The molecule has 0 bridgehead atoms. The number of anilines is 1. The fourth-order valence-electron chi connectivity index (χ4n) is 3.36. The summed E-state index contributed by atoms with van der Waals surface area (Å²) in [6.07, 6.45) is 4.06. The Kier molecular flexibility index (Phi) is 6.32. The average Bonchev–Trinajstić information content (AvgIpc) is 3.54. The molecule has 1 aliphatic rings. The zero-order chi connectivity index (χ0) is 21.8. The first-order chi connectivity index (χ1) is 15.1. The highest BCUT2D eigenvalue weighted by Crippen LogP contribution is 2.42. The van der Waals surface area contributed by atoms with E-state index in [0.29, 0.717) is 28.9 Å². The first-order valence-electron chi connectivity index (χ1n) is 10.2. The number of ketones is 1. The normalized spacial score (nSPS) is 14.1. The van der Waals surface area contributed by atoms with E-state index in [1.807, 2.05) is 36.4 Å². The van der Waals surface area contributed by atoms with Crippen LogP contribution in [0.1, 0.15) is 52.7 Å². The lowest BCUT2D eigenvalue weighted by Gasteiger charge is -2.17. The number of benzene rings is 2. The van der Waals surface area contributed by atoms with Crippen molar-refractivity contribution in [3.05, 3.63) is 84.2 Å². The van der Waals surface area contributed by atoms with Crippen molar-refractivity contribution in [2.75, 3.05) is 5.32 Å². The van der Waals surface area contributed by atoms with E-state index in [1.54, 1.807) is 24.3 Å². The summed E-state index contributed by atoms with van der Waals surface area (Å²) in [5.74, 6) is 1.18. The molecule has 6 nitrogen and oxygen atoms in total. The molecule has 1 amide bonds. The van der Waals surface area contributed by atoms with E-state index >= 15 is 0 Å². The van der Waals surface area contributed by atoms with Crippen LogP contribution in [0.3, 0.4) is 0 Å². The molecular formula is C24H24N4O2S. The van der Waals surface area contributed by atoms with Gasteiger partial charge in [-0.15, -0.1) is 16.8 Å². The van der Waals surface area contributed by atoms with E-state index in [-0.39, 0.29) is 11.7 Å². The Bertz CT molecular complexity index is 1110. The van der Waals surface area contributed by atoms with Crippen LogP contribution >= 0.6 is 11.8 Å². The van der Waals surface area contributed by atoms with Gasteiger partial charge in [0.1, 0.15) is 11.1 Å². The van der Waals surface area contributed by atoms with E-state index in [0.717, 1.165) is 24.2 Å². The third-order valence-corrected chi connectivity index (χ3v) is 6.33. The number of thioether (sulfide) groups is 1. The molecule has 4 rings (SSSR count). The number of allylic oxidation sites excluding steroid dienone is 1. The minimum absolute atomic E-state index is 0.0461. The van der Waals surface area contributed by atoms with Crippen LogP contribution in [0.2, 0.25) is 0 Å². The standard InChI is InChI=1S/C24H24N4O2S/c1-3-14-28-22(18-12-13-18)26-27-24(28)31-21(17-8-5-4-6-9-17)23(30)25-20-11-7-10-19(15-20)16(2)29/h3-11,15,18,21H,1,12-14H2,2H3,(H,25,30). The number of nitrogens with one attached hydrogen (secondary N) is 1. The van der Waals surface area contributed by atoms with E-state index in [4.69, 9.17) is 0 Å². The Hall–Kier alpha value is -3.19. The van der Waals surface area contributed by atoms with E-state index < -0.39 is 5.25 Å². The molecule has 1 saturated carbocycles. The lowest BCUT2D eigenvalue weighted by atomic mass is 10.1. The molecule has 1 atom stereocenters. The molecule has 0 radical (unpaired) electrons. The Morgan fingerprint density at radius 3 is 2.65 bits per heavy atom. The highest BCUT2D eigenvalue weighted by Gasteiger charge is 2.32. The van der Waals surface area contributed by atoms with Crippen LogP contribution in [-0.4, -0.2) is 26.5 Å². The molecular weight excluding hydrogens is 408 g/mol. The van der Waals surface area contributed by atoms with Crippen LogP contribution in [0.15, 0.2) is 72.4 Å². The fraction of sp³-hybridized carbons (Fsp3) is 0.250. The Morgan fingerprint density at radius 1 is 1.19 bits per heavy atom. The van der Waals surface area contributed by atoms with Crippen molar-refractivity contribution in [1.82, 2.24) is 14.8 Å². The van der Waals surface area contributed by atoms with Gasteiger partial charge >= 0.3 is 0 Å². The van der Waals surface area contributed by atoms with Gasteiger partial charge in [0.25, 0.3) is 0 Å². The van der Waals surface area contributed by atoms with Gasteiger partial charge in [-0.2, -0.15) is 0 Å². The van der Waals surface area contributed by atoms with Crippen LogP contribution in [0.5, 0.6) is 0 Å². The number of nitrogens with zero attached hydrogens (tertiary/aromatic N) is 3. The number of amides is 1. The van der Waals surface area contributed by atoms with Gasteiger partial charge in [-0.25, -0.2) is 0 Å². The molecule has 1 aromatic heterocycles. The minimum atomic E-state index is -0.526. The third-order valence-electron chi connectivity index (χ3n) is 5.10. The average molecular weight is 433 g/mol. The fourth-order valence-corrected chi connectivity index (χ4v) is 4.41. The van der Waals surface area contributed by atoms with Crippen LogP contribution < -0.4 is 5.32 Å². The van der Waals surface area contributed by atoms with Gasteiger partial charge in [0.15, 0.2) is 10.9 Å². The van der Waals surface area contributed by atoms with E-state index in [1.165, 1.54) is 18.7 Å². The topological polar surface area (TPSA) is 76.9 Å². The summed E-state index contributed by atoms with van der Waals surface area (Å²) in [5, 5.41) is 11.9. The zero-order valence-corrected chi connectivity index (χ0v) is 18.1. The summed E-state index contributed by atoms with van der Waals surface area (Å²) < 4.78 is 2.05. The van der Waals surface area contributed by atoms with Gasteiger partial charge in [0.05, 0.1) is 0 Å². The SMILES string of the molecule is C=CCn1c(SC(C(=O)Nc2cccc(C(C)=O)c2)c2ccccc2)nnc1C1CC1. The molecule has 1 heterocycles. The summed E-state index contributed by atoms with van der Waals surface area (Å²) in [6, 6.07) is 16.6. The molecule has 0 spiro atoms. The minimum Gasteiger partial charge on any atom is -0.325 e. The summed E-state index contributed by atoms with van der Waals surface area (Å²) in [6.45, 7) is 5.97. The van der Waals surface area contributed by atoms with Crippen molar-refractivity contribution in [2.24, 2.45) is 0 Å². The summed E-state index contributed by atoms with van der Waals surface area (Å²) >= 11 is 1.37. The molecule has 2 aromatic carbocycles. The quantitative estimate of drug-likeness (QED) is 0.292. The van der Waals surface area contributed by atoms with Crippen molar-refractivity contribution in [2.45, 2.75) is 42.6 Å². The van der Waals surface area contributed by atoms with Crippen molar-refractivity contribution in [3.63, 3.8) is 0 Å². The lowest BCUT2D eigenvalue weighted by molar-refractivity contribution is -0.115. The Balaban J connectivity index is 1.63. The molecule has 1 unspecified atom stereocenters. The smallest absolute Gasteiger partial charge is 0.242 e. The number of carbonyl (C=O) groups is 2. The van der Waals surface area contributed by atoms with Crippen molar-refractivity contribution < 1.29 is 9.59 Å². The first-order valence-corrected chi connectivity index (χ1v) is 11.1. The molecule has 0 saturated heterocycles. The third kappa shape index (κ3) is 4.94. The Morgan fingerprint density at radius 2 is 1.97 bits per heavy atom. The summed E-state index contributed by atoms with van der Waals surface area (Å²) in [4.78, 5) is 25.0. The number of carbonyl (C=O) groups excluding carboxylic acids is 2. The molecule has 158 valence electrons. The first kappa shape index (κ1) is 21.1. The molecule has 31 heavy (non-hydrogen) atoms. The zero-order valence-electron chi connectivity index (χ0n) is 17.3. The molecule has 1 aliphatic carbocycles. The number of hydrogen-bond acceptors (Lipinski definition) is 5. The highest BCUT2D eigenvalue weighted by molar-refractivity contribution is 8.00.